The third-order valence-corrected chi connectivity index (χ3v) is 9.86. The van der Waals surface area contributed by atoms with Gasteiger partial charge in [-0.1, -0.05) is 31.5 Å². The van der Waals surface area contributed by atoms with Crippen molar-refractivity contribution < 1.29 is 33.1 Å². The number of hydrogen-bond donors (Lipinski definition) is 1. The number of nitrogens with two attached hydrogens (primary N) is 1. The summed E-state index contributed by atoms with van der Waals surface area (Å²) in [7, 11) is 0. The number of carbonyl (C=O) groups is 5. The molecule has 224 valence electrons. The molecule has 6 atom stereocenters. The lowest BCUT2D eigenvalue weighted by molar-refractivity contribution is -0.160. The van der Waals surface area contributed by atoms with Gasteiger partial charge in [0.25, 0.3) is 11.8 Å². The lowest BCUT2D eigenvalue weighted by Crippen LogP contribution is -2.61. The number of esters is 1. The van der Waals surface area contributed by atoms with Crippen molar-refractivity contribution in [1.29, 1.82) is 0 Å². The smallest absolute Gasteiger partial charge is 0.323 e. The second-order valence-corrected chi connectivity index (χ2v) is 12.9. The summed E-state index contributed by atoms with van der Waals surface area (Å²) < 4.78 is 19.3. The number of ether oxygens (including phenoxy) is 1. The zero-order valence-corrected chi connectivity index (χ0v) is 24.5. The van der Waals surface area contributed by atoms with E-state index in [4.69, 9.17) is 22.1 Å². The van der Waals surface area contributed by atoms with Gasteiger partial charge < -0.3 is 20.3 Å². The molecular formula is C30H34ClFN4O6. The molecule has 1 aromatic rings. The Morgan fingerprint density at radius 1 is 1.19 bits per heavy atom. The summed E-state index contributed by atoms with van der Waals surface area (Å²) in [4.78, 5) is 72.3. The van der Waals surface area contributed by atoms with Gasteiger partial charge in [0.15, 0.2) is 0 Å². The zero-order chi connectivity index (χ0) is 30.2. The van der Waals surface area contributed by atoms with E-state index in [2.05, 4.69) is 0 Å². The Morgan fingerprint density at radius 3 is 2.55 bits per heavy atom. The van der Waals surface area contributed by atoms with Crippen molar-refractivity contribution in [3.8, 4) is 0 Å². The average molecular weight is 601 g/mol. The molecule has 0 bridgehead atoms. The topological polar surface area (TPSA) is 130 Å². The van der Waals surface area contributed by atoms with Crippen molar-refractivity contribution in [2.45, 2.75) is 70.8 Å². The van der Waals surface area contributed by atoms with Crippen LogP contribution in [-0.2, 0) is 35.3 Å². The van der Waals surface area contributed by atoms with E-state index in [1.807, 2.05) is 13.8 Å². The Balaban J connectivity index is 1.32. The maximum atomic E-state index is 14.2. The summed E-state index contributed by atoms with van der Waals surface area (Å²) in [6.45, 7) is 5.63. The fourth-order valence-corrected chi connectivity index (χ4v) is 7.50. The molecule has 0 aromatic heterocycles. The molecule has 3 heterocycles. The highest BCUT2D eigenvalue weighted by Crippen LogP contribution is 2.64. The van der Waals surface area contributed by atoms with Gasteiger partial charge in [-0.05, 0) is 67.7 Å². The molecule has 10 nitrogen and oxygen atoms in total. The van der Waals surface area contributed by atoms with Crippen LogP contribution in [0.5, 0.6) is 0 Å². The first-order valence-electron chi connectivity index (χ1n) is 14.5. The quantitative estimate of drug-likeness (QED) is 0.289. The van der Waals surface area contributed by atoms with E-state index in [-0.39, 0.29) is 48.6 Å². The molecule has 2 saturated heterocycles. The molecule has 42 heavy (non-hydrogen) atoms. The highest BCUT2D eigenvalue weighted by Gasteiger charge is 2.72. The van der Waals surface area contributed by atoms with Gasteiger partial charge in [0, 0.05) is 19.0 Å². The molecule has 3 aliphatic heterocycles. The SMILES string of the molecule is CC(C)[C@H](N)C(=O)O[C@@H](C)CN1C(=O)C2=C3CCN(Cc4ccc(F)c(Cl)c4)C(=O)C3C(=O)C(=O)N2[C@@]12CC[C@H]1C[C@H]12. The van der Waals surface area contributed by atoms with E-state index < -0.39 is 59.0 Å². The normalized spacial score (nSPS) is 29.8. The van der Waals surface area contributed by atoms with Gasteiger partial charge in [0.2, 0.25) is 11.7 Å². The zero-order valence-electron chi connectivity index (χ0n) is 23.8. The molecular weight excluding hydrogens is 567 g/mol. The van der Waals surface area contributed by atoms with Gasteiger partial charge in [-0.2, -0.15) is 0 Å². The number of nitrogens with zero attached hydrogens (tertiary/aromatic N) is 3. The molecule has 2 aliphatic carbocycles. The first kappa shape index (κ1) is 28.8. The largest absolute Gasteiger partial charge is 0.460 e. The summed E-state index contributed by atoms with van der Waals surface area (Å²) in [6, 6.07) is 3.32. The first-order chi connectivity index (χ1) is 19.9. The van der Waals surface area contributed by atoms with Gasteiger partial charge >= 0.3 is 5.97 Å². The number of amides is 3. The van der Waals surface area contributed by atoms with Crippen LogP contribution in [0.4, 0.5) is 4.39 Å². The molecule has 12 heteroatoms. The molecule has 2 saturated carbocycles. The van der Waals surface area contributed by atoms with Crippen LogP contribution in [0.25, 0.3) is 0 Å². The van der Waals surface area contributed by atoms with Crippen LogP contribution >= 0.6 is 11.6 Å². The molecule has 2 N–H and O–H groups in total. The number of halogens is 2. The third-order valence-electron chi connectivity index (χ3n) is 9.57. The molecule has 0 radical (unpaired) electrons. The van der Waals surface area contributed by atoms with Gasteiger partial charge in [-0.25, -0.2) is 4.39 Å². The standard InChI is InChI=1S/C30H34ClFN4O6/c1-14(2)23(33)29(41)42-15(3)12-35-27(39)24-18-7-9-34(13-16-4-5-21(32)20(31)10-16)26(38)22(18)25(37)28(40)36(24)30(35)8-6-17-11-19(17)30/h4-5,10,14-15,17,19,22-23H,6-9,11-13,33H2,1-3H3/t15-,17-,19+,22?,23-,30+/m0/s1. The van der Waals surface area contributed by atoms with Crippen LogP contribution < -0.4 is 5.73 Å². The molecule has 4 fully saturated rings. The van der Waals surface area contributed by atoms with Gasteiger partial charge in [-0.3, -0.25) is 28.9 Å². The number of rotatable bonds is 7. The van der Waals surface area contributed by atoms with Crippen LogP contribution in [0.2, 0.25) is 5.02 Å². The van der Waals surface area contributed by atoms with Crippen LogP contribution in [0.3, 0.4) is 0 Å². The van der Waals surface area contributed by atoms with Crippen molar-refractivity contribution in [3.63, 3.8) is 0 Å². The van der Waals surface area contributed by atoms with Gasteiger partial charge in [0.05, 0.1) is 11.6 Å². The number of piperidine rings is 1. The predicted octanol–water partition coefficient (Wildman–Crippen LogP) is 2.38. The Labute approximate surface area is 247 Å². The number of ketones is 1. The first-order valence-corrected chi connectivity index (χ1v) is 14.9. The number of Topliss-reactive ketones (excluding diaryl/α,β-unsaturated/α-hetero) is 1. The van der Waals surface area contributed by atoms with Crippen molar-refractivity contribution in [2.75, 3.05) is 13.1 Å². The minimum atomic E-state index is -1.38. The van der Waals surface area contributed by atoms with Crippen LogP contribution in [0.1, 0.15) is 52.0 Å². The molecule has 3 amide bonds. The number of carbonyl (C=O) groups excluding carboxylic acids is 5. The lowest BCUT2D eigenvalue weighted by atomic mass is 9.81. The summed E-state index contributed by atoms with van der Waals surface area (Å²) in [6.07, 6.45) is 1.66. The summed E-state index contributed by atoms with van der Waals surface area (Å²) in [5.74, 6) is -5.01. The second kappa shape index (κ2) is 10.2. The Kier molecular flexibility index (Phi) is 6.96. The minimum absolute atomic E-state index is 0.00712. The van der Waals surface area contributed by atoms with E-state index in [1.165, 1.54) is 28.0 Å². The van der Waals surface area contributed by atoms with E-state index in [0.29, 0.717) is 23.5 Å². The van der Waals surface area contributed by atoms with Crippen molar-refractivity contribution in [1.82, 2.24) is 14.7 Å². The van der Waals surface area contributed by atoms with E-state index in [9.17, 15) is 28.4 Å². The Hall–Kier alpha value is -3.31. The van der Waals surface area contributed by atoms with Crippen molar-refractivity contribution in [3.05, 3.63) is 45.9 Å². The van der Waals surface area contributed by atoms with E-state index in [1.54, 1.807) is 11.8 Å². The van der Waals surface area contributed by atoms with Crippen molar-refractivity contribution >= 4 is 41.1 Å². The summed E-state index contributed by atoms with van der Waals surface area (Å²) in [5, 5.41) is -0.0812. The molecule has 1 spiro atoms. The third kappa shape index (κ3) is 4.26. The monoisotopic (exact) mass is 600 g/mol. The molecule has 5 aliphatic rings. The fraction of sp³-hybridized carbons (Fsp3) is 0.567. The highest BCUT2D eigenvalue weighted by molar-refractivity contribution is 6.44. The molecule has 1 aromatic carbocycles. The number of likely N-dealkylation sites (tertiary alicyclic amines) is 1. The minimum Gasteiger partial charge on any atom is -0.460 e. The highest BCUT2D eigenvalue weighted by atomic mass is 35.5. The lowest BCUT2D eigenvalue weighted by Gasteiger charge is -2.45. The second-order valence-electron chi connectivity index (χ2n) is 12.5. The average Bonchev–Trinajstić information content (AvgIpc) is 3.59. The number of hydrogen-bond acceptors (Lipinski definition) is 7. The van der Waals surface area contributed by atoms with E-state index in [0.717, 1.165) is 12.8 Å². The summed E-state index contributed by atoms with van der Waals surface area (Å²) in [5.41, 5.74) is 6.00. The van der Waals surface area contributed by atoms with E-state index >= 15 is 0 Å². The fourth-order valence-electron chi connectivity index (χ4n) is 7.30. The maximum absolute atomic E-state index is 14.2. The van der Waals surface area contributed by atoms with Crippen molar-refractivity contribution in [2.24, 2.45) is 29.4 Å². The molecule has 6 rings (SSSR count). The Bertz CT molecular complexity index is 1450. The van der Waals surface area contributed by atoms with Crippen LogP contribution in [0.15, 0.2) is 29.5 Å². The predicted molar refractivity (Wildman–Crippen MR) is 147 cm³/mol. The number of benzene rings is 1. The van der Waals surface area contributed by atoms with Gasteiger partial charge in [-0.15, -0.1) is 0 Å². The number of fused-ring (bicyclic) bond motifs is 5. The Morgan fingerprint density at radius 2 is 1.93 bits per heavy atom. The summed E-state index contributed by atoms with van der Waals surface area (Å²) >= 11 is 5.91. The van der Waals surface area contributed by atoms with Crippen LogP contribution in [0, 0.1) is 29.5 Å². The maximum Gasteiger partial charge on any atom is 0.323 e. The van der Waals surface area contributed by atoms with Crippen LogP contribution in [-0.4, -0.2) is 75.1 Å². The van der Waals surface area contributed by atoms with Gasteiger partial charge in [0.1, 0.15) is 35.2 Å². The molecule has 1 unspecified atom stereocenters.